The zero-order chi connectivity index (χ0) is 25.7. The maximum Gasteiger partial charge on any atom is 0.420 e. The number of aliphatic hydroxyl groups is 1. The van der Waals surface area contributed by atoms with Crippen LogP contribution in [0, 0.1) is 17.1 Å². The molecule has 1 aliphatic heterocycles. The molecule has 35 heavy (non-hydrogen) atoms. The van der Waals surface area contributed by atoms with E-state index in [1.54, 1.807) is 6.07 Å². The van der Waals surface area contributed by atoms with E-state index >= 15 is 0 Å². The Morgan fingerprint density at radius 2 is 1.86 bits per heavy atom. The van der Waals surface area contributed by atoms with Crippen LogP contribution in [0.2, 0.25) is 10.0 Å². The summed E-state index contributed by atoms with van der Waals surface area (Å²) in [5.41, 5.74) is -5.61. The summed E-state index contributed by atoms with van der Waals surface area (Å²) in [7, 11) is 0. The van der Waals surface area contributed by atoms with Gasteiger partial charge in [-0.25, -0.2) is 13.8 Å². The lowest BCUT2D eigenvalue weighted by molar-refractivity contribution is -0.267. The van der Waals surface area contributed by atoms with Crippen molar-refractivity contribution in [1.29, 1.82) is 5.26 Å². The predicted molar refractivity (Wildman–Crippen MR) is 118 cm³/mol. The van der Waals surface area contributed by atoms with Gasteiger partial charge in [-0.15, -0.1) is 0 Å². The number of benzene rings is 1. The normalized spacial score (nSPS) is 15.0. The van der Waals surface area contributed by atoms with Crippen molar-refractivity contribution in [2.75, 3.05) is 18.0 Å². The fourth-order valence-electron chi connectivity index (χ4n) is 3.75. The van der Waals surface area contributed by atoms with Crippen molar-refractivity contribution < 1.29 is 22.7 Å². The van der Waals surface area contributed by atoms with Gasteiger partial charge in [-0.1, -0.05) is 29.3 Å². The third-order valence-corrected chi connectivity index (χ3v) is 5.93. The molecule has 3 aromatic rings. The molecule has 0 aliphatic carbocycles. The van der Waals surface area contributed by atoms with Gasteiger partial charge in [0.05, 0.1) is 46.7 Å². The van der Waals surface area contributed by atoms with Crippen LogP contribution < -0.4 is 16.1 Å². The van der Waals surface area contributed by atoms with E-state index in [1.807, 2.05) is 0 Å². The molecule has 0 spiro atoms. The van der Waals surface area contributed by atoms with Gasteiger partial charge in [0, 0.05) is 6.20 Å². The molecule has 1 N–H and O–H groups in total. The van der Waals surface area contributed by atoms with E-state index in [1.165, 1.54) is 12.3 Å². The molecular formula is C21H13Cl2F4N5O3. The molecule has 2 aromatic heterocycles. The maximum atomic E-state index is 13.8. The Morgan fingerprint density at radius 3 is 2.43 bits per heavy atom. The number of anilines is 1. The minimum Gasteiger partial charge on any atom is -0.378 e. The average molecular weight is 530 g/mol. The number of aromatic nitrogens is 3. The molecule has 0 amide bonds. The van der Waals surface area contributed by atoms with Crippen molar-refractivity contribution in [3.05, 3.63) is 73.4 Å². The van der Waals surface area contributed by atoms with E-state index < -0.39 is 53.5 Å². The molecule has 0 radical (unpaired) electrons. The number of hydrogen-bond acceptors (Lipinski definition) is 6. The van der Waals surface area contributed by atoms with Gasteiger partial charge in [-0.3, -0.25) is 14.3 Å². The molecule has 3 heterocycles. The van der Waals surface area contributed by atoms with Crippen LogP contribution in [0.1, 0.15) is 0 Å². The second kappa shape index (κ2) is 8.67. The maximum absolute atomic E-state index is 13.8. The first kappa shape index (κ1) is 24.7. The summed E-state index contributed by atoms with van der Waals surface area (Å²) in [5.74, 6) is -1.18. The number of alkyl halides is 3. The Morgan fingerprint density at radius 1 is 1.17 bits per heavy atom. The van der Waals surface area contributed by atoms with Crippen molar-refractivity contribution >= 4 is 29.0 Å². The van der Waals surface area contributed by atoms with Gasteiger partial charge >= 0.3 is 11.9 Å². The van der Waals surface area contributed by atoms with E-state index in [0.29, 0.717) is 4.57 Å². The number of nitriles is 1. The van der Waals surface area contributed by atoms with Gasteiger partial charge in [0.25, 0.3) is 5.56 Å². The molecule has 1 saturated heterocycles. The molecule has 0 bridgehead atoms. The molecule has 8 nitrogen and oxygen atoms in total. The molecular weight excluding hydrogens is 517 g/mol. The summed E-state index contributed by atoms with van der Waals surface area (Å²) < 4.78 is 55.1. The van der Waals surface area contributed by atoms with Gasteiger partial charge in [0.2, 0.25) is 0 Å². The first-order valence-corrected chi connectivity index (χ1v) is 10.5. The number of rotatable bonds is 4. The Hall–Kier alpha value is -3.40. The quantitative estimate of drug-likeness (QED) is 0.520. The minimum atomic E-state index is -4.98. The van der Waals surface area contributed by atoms with Gasteiger partial charge < -0.3 is 10.0 Å². The van der Waals surface area contributed by atoms with Gasteiger partial charge in [0.15, 0.2) is 5.60 Å². The SMILES string of the molecule is N#CCn1c(N2CC(O)(C(F)(F)F)C2)c(-c2ccc(F)c(Cl)c2)c(=O)n(-c2cncc(Cl)c2)c1=O. The molecule has 1 aliphatic rings. The fourth-order valence-corrected chi connectivity index (χ4v) is 4.10. The van der Waals surface area contributed by atoms with E-state index in [2.05, 4.69) is 4.98 Å². The number of pyridine rings is 1. The first-order valence-electron chi connectivity index (χ1n) is 9.75. The summed E-state index contributed by atoms with van der Waals surface area (Å²) in [6, 6.07) is 6.14. The van der Waals surface area contributed by atoms with E-state index in [-0.39, 0.29) is 27.7 Å². The second-order valence-corrected chi connectivity index (χ2v) is 8.59. The van der Waals surface area contributed by atoms with E-state index in [9.17, 15) is 37.5 Å². The van der Waals surface area contributed by atoms with Crippen LogP contribution in [0.15, 0.2) is 46.2 Å². The zero-order valence-electron chi connectivity index (χ0n) is 17.4. The lowest BCUT2D eigenvalue weighted by Gasteiger charge is -2.48. The summed E-state index contributed by atoms with van der Waals surface area (Å²) in [6.07, 6.45) is -2.58. The van der Waals surface area contributed by atoms with Crippen LogP contribution in [0.3, 0.4) is 0 Å². The Kier molecular flexibility index (Phi) is 6.12. The third kappa shape index (κ3) is 4.16. The molecule has 14 heteroatoms. The number of hydrogen-bond donors (Lipinski definition) is 1. The highest BCUT2D eigenvalue weighted by molar-refractivity contribution is 6.31. The molecule has 182 valence electrons. The van der Waals surface area contributed by atoms with Gasteiger partial charge in [-0.2, -0.15) is 18.4 Å². The van der Waals surface area contributed by atoms with Crippen molar-refractivity contribution in [3.8, 4) is 22.9 Å². The van der Waals surface area contributed by atoms with E-state index in [4.69, 9.17) is 23.2 Å². The van der Waals surface area contributed by atoms with Crippen molar-refractivity contribution in [1.82, 2.24) is 14.1 Å². The highest BCUT2D eigenvalue weighted by Crippen LogP contribution is 2.42. The summed E-state index contributed by atoms with van der Waals surface area (Å²) in [6.45, 7) is -2.68. The number of β-amino-alcohol motifs (C(OH)–C–C–N with tert-alkyl or cyclic N) is 1. The van der Waals surface area contributed by atoms with Crippen LogP contribution in [0.25, 0.3) is 16.8 Å². The van der Waals surface area contributed by atoms with Crippen molar-refractivity contribution in [2.45, 2.75) is 18.3 Å². The lowest BCUT2D eigenvalue weighted by atomic mass is 9.92. The highest BCUT2D eigenvalue weighted by atomic mass is 35.5. The van der Waals surface area contributed by atoms with Crippen LogP contribution in [-0.4, -0.2) is 44.1 Å². The zero-order valence-corrected chi connectivity index (χ0v) is 18.9. The monoisotopic (exact) mass is 529 g/mol. The summed E-state index contributed by atoms with van der Waals surface area (Å²) in [5, 5.41) is 19.0. The smallest absolute Gasteiger partial charge is 0.378 e. The third-order valence-electron chi connectivity index (χ3n) is 5.44. The highest BCUT2D eigenvalue weighted by Gasteiger charge is 2.61. The van der Waals surface area contributed by atoms with Crippen molar-refractivity contribution in [2.24, 2.45) is 0 Å². The largest absolute Gasteiger partial charge is 0.420 e. The Balaban J connectivity index is 2.06. The first-order chi connectivity index (χ1) is 16.4. The number of nitrogens with zero attached hydrogens (tertiary/aromatic N) is 5. The fraction of sp³-hybridized carbons (Fsp3) is 0.238. The molecule has 4 rings (SSSR count). The average Bonchev–Trinajstić information content (AvgIpc) is 2.75. The molecule has 0 atom stereocenters. The second-order valence-electron chi connectivity index (χ2n) is 7.74. The summed E-state index contributed by atoms with van der Waals surface area (Å²) >= 11 is 11.8. The molecule has 1 fully saturated rings. The molecule has 1 aromatic carbocycles. The van der Waals surface area contributed by atoms with Crippen LogP contribution in [0.5, 0.6) is 0 Å². The minimum absolute atomic E-state index is 0.0331. The number of halogens is 6. The van der Waals surface area contributed by atoms with Crippen molar-refractivity contribution in [3.63, 3.8) is 0 Å². The van der Waals surface area contributed by atoms with Crippen LogP contribution >= 0.6 is 23.2 Å². The Labute approximate surface area is 203 Å². The molecule has 0 unspecified atom stereocenters. The van der Waals surface area contributed by atoms with E-state index in [0.717, 1.165) is 33.9 Å². The topological polar surface area (TPSA) is 104 Å². The van der Waals surface area contributed by atoms with Gasteiger partial charge in [0.1, 0.15) is 18.2 Å². The lowest BCUT2D eigenvalue weighted by Crippen LogP contribution is -2.70. The van der Waals surface area contributed by atoms with Crippen LogP contribution in [0.4, 0.5) is 23.4 Å². The summed E-state index contributed by atoms with van der Waals surface area (Å²) in [4.78, 5) is 31.7. The standard InChI is InChI=1S/C21H13Cl2F4N5O3/c22-12-6-13(8-29-7-12)32-18(33)16(11-1-2-15(24)14(23)5-11)17(31(4-3-28)19(32)34)30-9-20(35,10-30)21(25,26)27/h1-2,5-8,35H,4,9-10H2. The Bertz CT molecular complexity index is 1490. The van der Waals surface area contributed by atoms with Gasteiger partial charge in [-0.05, 0) is 23.8 Å². The predicted octanol–water partition coefficient (Wildman–Crippen LogP) is 3.14. The van der Waals surface area contributed by atoms with Crippen LogP contribution in [-0.2, 0) is 6.54 Å². The molecule has 0 saturated carbocycles.